The van der Waals surface area contributed by atoms with Crippen molar-refractivity contribution in [2.75, 3.05) is 6.54 Å². The predicted octanol–water partition coefficient (Wildman–Crippen LogP) is 3.33. The number of carbonyl (C=O) groups is 2. The van der Waals surface area contributed by atoms with Gasteiger partial charge in [-0.15, -0.1) is 0 Å². The fourth-order valence-corrected chi connectivity index (χ4v) is 5.86. The first-order chi connectivity index (χ1) is 12.5. The van der Waals surface area contributed by atoms with Crippen LogP contribution in [0.15, 0.2) is 24.3 Å². The zero-order valence-electron chi connectivity index (χ0n) is 15.7. The molecule has 2 N–H and O–H groups in total. The molecule has 1 aromatic carbocycles. The monoisotopic (exact) mass is 354 g/mol. The first kappa shape index (κ1) is 17.6. The molecule has 0 atom stereocenters. The van der Waals surface area contributed by atoms with E-state index >= 15 is 0 Å². The average molecular weight is 354 g/mol. The van der Waals surface area contributed by atoms with Gasteiger partial charge in [0.05, 0.1) is 0 Å². The Kier molecular flexibility index (Phi) is 4.76. The second-order valence-electron chi connectivity index (χ2n) is 8.97. The number of rotatable bonds is 6. The molecular weight excluding hydrogens is 324 g/mol. The number of hydrogen-bond donors (Lipinski definition) is 2. The standard InChI is InChI=1S/C22H30N2O2/c1-15-2-4-16(5-3-15)14-24-20(25)6-7-23-21(26)22-11-17-8-18(12-22)10-19(9-17)13-22/h2-5,17-19H,6-14H2,1H3,(H,23,26)(H,24,25). The molecule has 4 aliphatic rings. The van der Waals surface area contributed by atoms with E-state index in [1.807, 2.05) is 24.3 Å². The second kappa shape index (κ2) is 7.05. The van der Waals surface area contributed by atoms with Crippen molar-refractivity contribution in [1.29, 1.82) is 0 Å². The van der Waals surface area contributed by atoms with Gasteiger partial charge >= 0.3 is 0 Å². The van der Waals surface area contributed by atoms with E-state index in [0.29, 0.717) is 19.5 Å². The molecule has 4 aliphatic carbocycles. The molecule has 0 aliphatic heterocycles. The normalized spacial score (nSPS) is 31.7. The number of carbonyl (C=O) groups excluding carboxylic acids is 2. The van der Waals surface area contributed by atoms with Crippen LogP contribution >= 0.6 is 0 Å². The molecule has 5 rings (SSSR count). The van der Waals surface area contributed by atoms with Gasteiger partial charge in [-0.25, -0.2) is 0 Å². The Morgan fingerprint density at radius 1 is 0.962 bits per heavy atom. The quantitative estimate of drug-likeness (QED) is 0.823. The highest BCUT2D eigenvalue weighted by atomic mass is 16.2. The smallest absolute Gasteiger partial charge is 0.226 e. The lowest BCUT2D eigenvalue weighted by Gasteiger charge is -2.55. The average Bonchev–Trinajstić information content (AvgIpc) is 2.60. The van der Waals surface area contributed by atoms with E-state index in [9.17, 15) is 9.59 Å². The molecule has 0 heterocycles. The van der Waals surface area contributed by atoms with Crippen LogP contribution in [0.2, 0.25) is 0 Å². The molecule has 0 unspecified atom stereocenters. The van der Waals surface area contributed by atoms with Crippen LogP contribution in [0, 0.1) is 30.1 Å². The maximum atomic E-state index is 12.8. The summed E-state index contributed by atoms with van der Waals surface area (Å²) < 4.78 is 0. The van der Waals surface area contributed by atoms with E-state index in [2.05, 4.69) is 17.6 Å². The minimum atomic E-state index is -0.118. The predicted molar refractivity (Wildman–Crippen MR) is 101 cm³/mol. The number of nitrogens with one attached hydrogen (secondary N) is 2. The summed E-state index contributed by atoms with van der Waals surface area (Å²) in [6.07, 6.45) is 7.60. The molecule has 1 aromatic rings. The van der Waals surface area contributed by atoms with Gasteiger partial charge in [-0.05, 0) is 68.8 Å². The SMILES string of the molecule is Cc1ccc(CNC(=O)CCNC(=O)C23CC4CC(CC(C4)C2)C3)cc1. The van der Waals surface area contributed by atoms with Gasteiger partial charge in [0.25, 0.3) is 0 Å². The Balaban J connectivity index is 1.21. The fourth-order valence-electron chi connectivity index (χ4n) is 5.86. The van der Waals surface area contributed by atoms with E-state index in [4.69, 9.17) is 0 Å². The van der Waals surface area contributed by atoms with Gasteiger partial charge in [-0.2, -0.15) is 0 Å². The number of benzene rings is 1. The van der Waals surface area contributed by atoms with Crippen molar-refractivity contribution < 1.29 is 9.59 Å². The summed E-state index contributed by atoms with van der Waals surface area (Å²) in [5.41, 5.74) is 2.20. The van der Waals surface area contributed by atoms with Crippen molar-refractivity contribution in [3.8, 4) is 0 Å². The Hall–Kier alpha value is -1.84. The summed E-state index contributed by atoms with van der Waals surface area (Å²) in [6, 6.07) is 8.16. The van der Waals surface area contributed by atoms with Crippen LogP contribution in [0.4, 0.5) is 0 Å². The van der Waals surface area contributed by atoms with Crippen molar-refractivity contribution >= 4 is 11.8 Å². The van der Waals surface area contributed by atoms with Crippen molar-refractivity contribution in [2.45, 2.75) is 58.4 Å². The third kappa shape index (κ3) is 3.65. The Bertz CT molecular complexity index is 645. The summed E-state index contributed by atoms with van der Waals surface area (Å²) in [4.78, 5) is 24.9. The van der Waals surface area contributed by atoms with Crippen molar-refractivity contribution in [3.05, 3.63) is 35.4 Å². The zero-order valence-corrected chi connectivity index (χ0v) is 15.7. The second-order valence-corrected chi connectivity index (χ2v) is 8.97. The highest BCUT2D eigenvalue weighted by molar-refractivity contribution is 5.84. The summed E-state index contributed by atoms with van der Waals surface area (Å²) >= 11 is 0. The van der Waals surface area contributed by atoms with Crippen LogP contribution < -0.4 is 10.6 Å². The van der Waals surface area contributed by atoms with Crippen LogP contribution in [0.3, 0.4) is 0 Å². The summed E-state index contributed by atoms with van der Waals surface area (Å²) in [6.45, 7) is 3.04. The van der Waals surface area contributed by atoms with Crippen molar-refractivity contribution in [3.63, 3.8) is 0 Å². The van der Waals surface area contributed by atoms with Crippen molar-refractivity contribution in [1.82, 2.24) is 10.6 Å². The van der Waals surface area contributed by atoms with Crippen LogP contribution in [0.25, 0.3) is 0 Å². The number of aryl methyl sites for hydroxylation is 1. The molecule has 0 radical (unpaired) electrons. The molecule has 0 spiro atoms. The highest BCUT2D eigenvalue weighted by Gasteiger charge is 2.54. The minimum absolute atomic E-state index is 0.00335. The minimum Gasteiger partial charge on any atom is -0.355 e. The molecular formula is C22H30N2O2. The molecule has 26 heavy (non-hydrogen) atoms. The summed E-state index contributed by atoms with van der Waals surface area (Å²) in [5, 5.41) is 6.01. The zero-order chi connectivity index (χ0) is 18.1. The molecule has 140 valence electrons. The topological polar surface area (TPSA) is 58.2 Å². The van der Waals surface area contributed by atoms with Gasteiger partial charge in [-0.1, -0.05) is 29.8 Å². The lowest BCUT2D eigenvalue weighted by Crippen LogP contribution is -2.53. The van der Waals surface area contributed by atoms with Gasteiger partial charge in [0.1, 0.15) is 0 Å². The van der Waals surface area contributed by atoms with Crippen LogP contribution in [-0.2, 0) is 16.1 Å². The molecule has 2 amide bonds. The van der Waals surface area contributed by atoms with E-state index < -0.39 is 0 Å². The van der Waals surface area contributed by atoms with Crippen LogP contribution in [-0.4, -0.2) is 18.4 Å². The maximum Gasteiger partial charge on any atom is 0.226 e. The largest absolute Gasteiger partial charge is 0.355 e. The molecule has 4 fully saturated rings. The lowest BCUT2D eigenvalue weighted by atomic mass is 9.49. The third-order valence-electron chi connectivity index (χ3n) is 6.77. The Labute approximate surface area is 156 Å². The molecule has 0 aromatic heterocycles. The Morgan fingerprint density at radius 3 is 2.12 bits per heavy atom. The molecule has 0 saturated heterocycles. The van der Waals surface area contributed by atoms with Crippen molar-refractivity contribution in [2.24, 2.45) is 23.2 Å². The van der Waals surface area contributed by atoms with Gasteiger partial charge in [-0.3, -0.25) is 9.59 Å². The Morgan fingerprint density at radius 2 is 1.54 bits per heavy atom. The van der Waals surface area contributed by atoms with Gasteiger partial charge < -0.3 is 10.6 Å². The summed E-state index contributed by atoms with van der Waals surface area (Å²) in [5.74, 6) is 2.51. The first-order valence-corrected chi connectivity index (χ1v) is 10.1. The molecule has 4 bridgehead atoms. The molecule has 4 heteroatoms. The summed E-state index contributed by atoms with van der Waals surface area (Å²) in [7, 11) is 0. The lowest BCUT2D eigenvalue weighted by molar-refractivity contribution is -0.146. The molecule has 4 saturated carbocycles. The van der Waals surface area contributed by atoms with E-state index in [1.54, 1.807) is 0 Å². The van der Waals surface area contributed by atoms with E-state index in [1.165, 1.54) is 24.8 Å². The fraction of sp³-hybridized carbons (Fsp3) is 0.636. The van der Waals surface area contributed by atoms with Crippen LogP contribution in [0.5, 0.6) is 0 Å². The van der Waals surface area contributed by atoms with Crippen LogP contribution in [0.1, 0.15) is 56.1 Å². The van der Waals surface area contributed by atoms with E-state index in [0.717, 1.165) is 42.6 Å². The maximum absolute atomic E-state index is 12.8. The highest BCUT2D eigenvalue weighted by Crippen LogP contribution is 2.60. The van der Waals surface area contributed by atoms with E-state index in [-0.39, 0.29) is 17.2 Å². The van der Waals surface area contributed by atoms with Gasteiger partial charge in [0.2, 0.25) is 11.8 Å². The number of hydrogen-bond acceptors (Lipinski definition) is 2. The number of amides is 2. The van der Waals surface area contributed by atoms with Gasteiger partial charge in [0, 0.05) is 24.9 Å². The van der Waals surface area contributed by atoms with Gasteiger partial charge in [0.15, 0.2) is 0 Å². The molecule has 4 nitrogen and oxygen atoms in total. The third-order valence-corrected chi connectivity index (χ3v) is 6.77. The first-order valence-electron chi connectivity index (χ1n) is 10.1.